The zero-order valence-electron chi connectivity index (χ0n) is 9.06. The molecule has 16 heavy (non-hydrogen) atoms. The quantitative estimate of drug-likeness (QED) is 0.699. The average Bonchev–Trinajstić information content (AvgIpc) is 2.29. The largest absolute Gasteiger partial charge is 0.480 e. The van der Waals surface area contributed by atoms with Crippen LogP contribution < -0.4 is 5.32 Å². The summed E-state index contributed by atoms with van der Waals surface area (Å²) in [5, 5.41) is 11.3. The maximum Gasteiger partial charge on any atom is 0.326 e. The molecule has 0 aromatic rings. The van der Waals surface area contributed by atoms with Gasteiger partial charge in [0.05, 0.1) is 0 Å². The molecule has 1 aliphatic heterocycles. The molecule has 0 fully saturated rings. The lowest BCUT2D eigenvalue weighted by Crippen LogP contribution is -2.48. The van der Waals surface area contributed by atoms with Crippen LogP contribution in [-0.2, 0) is 4.79 Å². The van der Waals surface area contributed by atoms with Crippen LogP contribution in [0.25, 0.3) is 0 Å². The van der Waals surface area contributed by atoms with Gasteiger partial charge in [-0.3, -0.25) is 0 Å². The summed E-state index contributed by atoms with van der Waals surface area (Å²) in [7, 11) is 0. The molecular weight excluding hydrogens is 208 g/mol. The van der Waals surface area contributed by atoms with Crippen LogP contribution >= 0.6 is 0 Å². The predicted octanol–water partition coefficient (Wildman–Crippen LogP) is 0.987. The number of rotatable bonds is 4. The number of amides is 2. The van der Waals surface area contributed by atoms with Crippen LogP contribution in [0.15, 0.2) is 24.8 Å². The minimum absolute atomic E-state index is 0.227. The van der Waals surface area contributed by atoms with Crippen LogP contribution in [0.5, 0.6) is 0 Å². The molecule has 88 valence electrons. The summed E-state index contributed by atoms with van der Waals surface area (Å²) in [5.41, 5.74) is 0. The van der Waals surface area contributed by atoms with Crippen molar-refractivity contribution in [2.45, 2.75) is 18.9 Å². The summed E-state index contributed by atoms with van der Waals surface area (Å²) in [6, 6.07) is -1.23. The Kier molecular flexibility index (Phi) is 4.57. The molecule has 2 N–H and O–H groups in total. The zero-order valence-corrected chi connectivity index (χ0v) is 9.06. The summed E-state index contributed by atoms with van der Waals surface area (Å²) >= 11 is 0. The lowest BCUT2D eigenvalue weighted by Gasteiger charge is -2.25. The molecule has 0 saturated carbocycles. The summed E-state index contributed by atoms with van der Waals surface area (Å²) in [6.07, 6.45) is 6.42. The van der Waals surface area contributed by atoms with Gasteiger partial charge >= 0.3 is 12.0 Å². The molecule has 5 heteroatoms. The van der Waals surface area contributed by atoms with E-state index in [9.17, 15) is 9.59 Å². The Morgan fingerprint density at radius 2 is 2.31 bits per heavy atom. The van der Waals surface area contributed by atoms with Gasteiger partial charge < -0.3 is 15.3 Å². The number of urea groups is 1. The fourth-order valence-corrected chi connectivity index (χ4v) is 1.45. The highest BCUT2D eigenvalue weighted by Gasteiger charge is 2.21. The van der Waals surface area contributed by atoms with E-state index in [4.69, 9.17) is 5.11 Å². The standard InChI is InChI=1S/C11H16N2O3/c1-2-6-9(10(14)15)12-11(16)13-7-4-3-5-8-13/h2-4,9H,1,5-8H2,(H,12,16)(H,14,15). The minimum atomic E-state index is -1.04. The second-order valence-electron chi connectivity index (χ2n) is 3.57. The van der Waals surface area contributed by atoms with Crippen molar-refractivity contribution in [3.8, 4) is 0 Å². The van der Waals surface area contributed by atoms with Gasteiger partial charge in [-0.05, 0) is 12.8 Å². The molecule has 0 aromatic carbocycles. The first-order valence-electron chi connectivity index (χ1n) is 5.19. The lowest BCUT2D eigenvalue weighted by molar-refractivity contribution is -0.139. The molecule has 0 radical (unpaired) electrons. The van der Waals surface area contributed by atoms with Crippen molar-refractivity contribution in [2.75, 3.05) is 13.1 Å². The second-order valence-corrected chi connectivity index (χ2v) is 3.57. The zero-order chi connectivity index (χ0) is 12.0. The lowest BCUT2D eigenvalue weighted by atomic mass is 10.2. The van der Waals surface area contributed by atoms with Crippen LogP contribution in [0.4, 0.5) is 4.79 Å². The number of carbonyl (C=O) groups is 2. The number of carboxylic acid groups (broad SMARTS) is 1. The third-order valence-corrected chi connectivity index (χ3v) is 2.34. The van der Waals surface area contributed by atoms with E-state index >= 15 is 0 Å². The monoisotopic (exact) mass is 224 g/mol. The highest BCUT2D eigenvalue weighted by molar-refractivity contribution is 5.82. The number of nitrogens with zero attached hydrogens (tertiary/aromatic N) is 1. The molecule has 1 rings (SSSR count). The van der Waals surface area contributed by atoms with Gasteiger partial charge in [-0.15, -0.1) is 6.58 Å². The highest BCUT2D eigenvalue weighted by atomic mass is 16.4. The van der Waals surface area contributed by atoms with Gasteiger partial charge in [0.2, 0.25) is 0 Å². The van der Waals surface area contributed by atoms with Crippen molar-refractivity contribution >= 4 is 12.0 Å². The van der Waals surface area contributed by atoms with Crippen molar-refractivity contribution in [2.24, 2.45) is 0 Å². The molecule has 0 bridgehead atoms. The Balaban J connectivity index is 2.50. The van der Waals surface area contributed by atoms with E-state index in [1.807, 2.05) is 12.2 Å². The van der Waals surface area contributed by atoms with Crippen molar-refractivity contribution in [3.63, 3.8) is 0 Å². The van der Waals surface area contributed by atoms with Gasteiger partial charge in [0.1, 0.15) is 6.04 Å². The number of carbonyl (C=O) groups excluding carboxylic acids is 1. The number of carboxylic acids is 1. The van der Waals surface area contributed by atoms with E-state index in [-0.39, 0.29) is 12.5 Å². The van der Waals surface area contributed by atoms with Crippen molar-refractivity contribution in [3.05, 3.63) is 24.8 Å². The molecule has 1 aliphatic rings. The molecule has 0 saturated heterocycles. The smallest absolute Gasteiger partial charge is 0.326 e. The van der Waals surface area contributed by atoms with Gasteiger partial charge in [0, 0.05) is 13.1 Å². The first kappa shape index (κ1) is 12.3. The summed E-state index contributed by atoms with van der Waals surface area (Å²) in [6.45, 7) is 4.63. The second kappa shape index (κ2) is 5.95. The first-order chi connectivity index (χ1) is 7.65. The van der Waals surface area contributed by atoms with Crippen molar-refractivity contribution in [1.29, 1.82) is 0 Å². The van der Waals surface area contributed by atoms with Gasteiger partial charge in [0.15, 0.2) is 0 Å². The average molecular weight is 224 g/mol. The number of hydrogen-bond donors (Lipinski definition) is 2. The van der Waals surface area contributed by atoms with Crippen molar-refractivity contribution in [1.82, 2.24) is 10.2 Å². The maximum atomic E-state index is 11.7. The van der Waals surface area contributed by atoms with Gasteiger partial charge in [-0.2, -0.15) is 0 Å². The fourth-order valence-electron chi connectivity index (χ4n) is 1.45. The Labute approximate surface area is 94.4 Å². The molecule has 0 aliphatic carbocycles. The molecule has 1 atom stereocenters. The molecule has 1 unspecified atom stereocenters. The molecule has 5 nitrogen and oxygen atoms in total. The van der Waals surface area contributed by atoms with Crippen molar-refractivity contribution < 1.29 is 14.7 Å². The summed E-state index contributed by atoms with van der Waals surface area (Å²) < 4.78 is 0. The van der Waals surface area contributed by atoms with Crippen LogP contribution in [0.3, 0.4) is 0 Å². The minimum Gasteiger partial charge on any atom is -0.480 e. The fraction of sp³-hybridized carbons (Fsp3) is 0.455. The normalized spacial score (nSPS) is 16.6. The van der Waals surface area contributed by atoms with Gasteiger partial charge in [0.25, 0.3) is 0 Å². The molecule has 2 amide bonds. The van der Waals surface area contributed by atoms with Crippen LogP contribution in [0.1, 0.15) is 12.8 Å². The Morgan fingerprint density at radius 3 is 2.81 bits per heavy atom. The van der Waals surface area contributed by atoms with E-state index in [1.165, 1.54) is 6.08 Å². The Bertz CT molecular complexity index is 312. The van der Waals surface area contributed by atoms with E-state index in [2.05, 4.69) is 11.9 Å². The van der Waals surface area contributed by atoms with E-state index in [0.717, 1.165) is 6.42 Å². The van der Waals surface area contributed by atoms with Crippen LogP contribution in [0, 0.1) is 0 Å². The van der Waals surface area contributed by atoms with Crippen LogP contribution in [0.2, 0.25) is 0 Å². The highest BCUT2D eigenvalue weighted by Crippen LogP contribution is 2.02. The number of aliphatic carboxylic acids is 1. The first-order valence-corrected chi connectivity index (χ1v) is 5.19. The molecule has 0 spiro atoms. The van der Waals surface area contributed by atoms with E-state index in [1.54, 1.807) is 4.90 Å². The number of nitrogens with one attached hydrogen (secondary N) is 1. The van der Waals surface area contributed by atoms with E-state index < -0.39 is 12.0 Å². The maximum absolute atomic E-state index is 11.7. The van der Waals surface area contributed by atoms with Gasteiger partial charge in [-0.1, -0.05) is 18.2 Å². The molecule has 0 aromatic heterocycles. The van der Waals surface area contributed by atoms with E-state index in [0.29, 0.717) is 13.1 Å². The Hall–Kier alpha value is -1.78. The summed E-state index contributed by atoms with van der Waals surface area (Å²) in [5.74, 6) is -1.04. The summed E-state index contributed by atoms with van der Waals surface area (Å²) in [4.78, 5) is 24.1. The predicted molar refractivity (Wildman–Crippen MR) is 60.1 cm³/mol. The van der Waals surface area contributed by atoms with Gasteiger partial charge in [-0.25, -0.2) is 9.59 Å². The molecule has 1 heterocycles. The SMILES string of the molecule is C=CCC(NC(=O)N1CC=CCC1)C(=O)O. The molecular formula is C11H16N2O3. The van der Waals surface area contributed by atoms with Crippen LogP contribution in [-0.4, -0.2) is 41.1 Å². The Morgan fingerprint density at radius 1 is 1.56 bits per heavy atom. The number of hydrogen-bond acceptors (Lipinski definition) is 2. The topological polar surface area (TPSA) is 69.6 Å². The third-order valence-electron chi connectivity index (χ3n) is 2.34. The third kappa shape index (κ3) is 3.42.